The van der Waals surface area contributed by atoms with Crippen LogP contribution in [0, 0.1) is 0 Å². The highest BCUT2D eigenvalue weighted by Crippen LogP contribution is 2.25. The number of benzene rings is 1. The van der Waals surface area contributed by atoms with Crippen LogP contribution in [-0.4, -0.2) is 35.5 Å². The van der Waals surface area contributed by atoms with Crippen molar-refractivity contribution in [2.45, 2.75) is 19.5 Å². The van der Waals surface area contributed by atoms with Gasteiger partial charge < -0.3 is 10.6 Å². The molecule has 1 aromatic carbocycles. The van der Waals surface area contributed by atoms with Gasteiger partial charge in [-0.15, -0.1) is 0 Å². The van der Waals surface area contributed by atoms with Gasteiger partial charge in [0.2, 0.25) is 0 Å². The van der Waals surface area contributed by atoms with E-state index in [-0.39, 0.29) is 6.03 Å². The summed E-state index contributed by atoms with van der Waals surface area (Å²) >= 11 is 6.23. The lowest BCUT2D eigenvalue weighted by Gasteiger charge is -2.29. The summed E-state index contributed by atoms with van der Waals surface area (Å²) in [6.07, 6.45) is 2.68. The predicted molar refractivity (Wildman–Crippen MR) is 94.9 cm³/mol. The zero-order chi connectivity index (χ0) is 16.8. The summed E-state index contributed by atoms with van der Waals surface area (Å²) in [5, 5.41) is 6.56. The Morgan fingerprint density at radius 1 is 1.21 bits per heavy atom. The van der Waals surface area contributed by atoms with E-state index in [4.69, 9.17) is 11.6 Å². The topological polar surface area (TPSA) is 57.3 Å². The quantitative estimate of drug-likeness (QED) is 0.876. The molecule has 1 aromatic heterocycles. The fraction of sp³-hybridized carbons (Fsp3) is 0.333. The van der Waals surface area contributed by atoms with E-state index in [1.54, 1.807) is 6.20 Å². The van der Waals surface area contributed by atoms with E-state index in [0.717, 1.165) is 36.8 Å². The molecule has 24 heavy (non-hydrogen) atoms. The molecule has 1 aliphatic rings. The molecule has 126 valence electrons. The van der Waals surface area contributed by atoms with Crippen LogP contribution in [0.3, 0.4) is 0 Å². The smallest absolute Gasteiger partial charge is 0.315 e. The van der Waals surface area contributed by atoms with Gasteiger partial charge in [-0.3, -0.25) is 9.88 Å². The molecule has 0 aliphatic carbocycles. The second kappa shape index (κ2) is 8.13. The Kier molecular flexibility index (Phi) is 5.67. The third-order valence-corrected chi connectivity index (χ3v) is 4.51. The molecule has 0 unspecified atom stereocenters. The molecule has 0 saturated heterocycles. The van der Waals surface area contributed by atoms with Crippen molar-refractivity contribution >= 4 is 17.6 Å². The van der Waals surface area contributed by atoms with Gasteiger partial charge in [0.1, 0.15) is 0 Å². The lowest BCUT2D eigenvalue weighted by atomic mass is 10.00. The highest BCUT2D eigenvalue weighted by atomic mass is 35.5. The number of hydrogen-bond acceptors (Lipinski definition) is 3. The number of fused-ring (bicyclic) bond motifs is 1. The van der Waals surface area contributed by atoms with Crippen molar-refractivity contribution in [3.8, 4) is 0 Å². The number of carbonyl (C=O) groups is 1. The number of pyridine rings is 1. The third-order valence-electron chi connectivity index (χ3n) is 4.16. The molecular formula is C18H21ClN4O. The zero-order valence-electron chi connectivity index (χ0n) is 13.5. The highest BCUT2D eigenvalue weighted by molar-refractivity contribution is 6.31. The Hall–Kier alpha value is -2.11. The summed E-state index contributed by atoms with van der Waals surface area (Å²) in [4.78, 5) is 18.3. The molecule has 5 nitrogen and oxygen atoms in total. The van der Waals surface area contributed by atoms with Crippen molar-refractivity contribution < 1.29 is 4.79 Å². The highest BCUT2D eigenvalue weighted by Gasteiger charge is 2.17. The predicted octanol–water partition coefficient (Wildman–Crippen LogP) is 2.59. The van der Waals surface area contributed by atoms with E-state index in [0.29, 0.717) is 13.1 Å². The number of carbonyl (C=O) groups excluding carboxylic acids is 1. The number of urea groups is 1. The Bertz CT molecular complexity index is 693. The van der Waals surface area contributed by atoms with E-state index in [1.165, 1.54) is 11.1 Å². The van der Waals surface area contributed by atoms with Crippen LogP contribution in [0.2, 0.25) is 5.02 Å². The number of rotatable bonds is 5. The average molecular weight is 345 g/mol. The van der Waals surface area contributed by atoms with E-state index < -0.39 is 0 Å². The molecule has 0 spiro atoms. The second-order valence-electron chi connectivity index (χ2n) is 5.83. The number of hydrogen-bond donors (Lipinski definition) is 2. The summed E-state index contributed by atoms with van der Waals surface area (Å²) in [5.41, 5.74) is 3.39. The van der Waals surface area contributed by atoms with Crippen LogP contribution in [0.4, 0.5) is 4.79 Å². The van der Waals surface area contributed by atoms with Gasteiger partial charge in [0, 0.05) is 37.4 Å². The minimum absolute atomic E-state index is 0.166. The molecule has 1 aliphatic heterocycles. The number of amides is 2. The second-order valence-corrected chi connectivity index (χ2v) is 6.24. The standard InChI is InChI=1S/C18H21ClN4O/c19-17-6-3-4-14-13-23(10-7-16(14)17)11-9-21-18(24)22-12-15-5-1-2-8-20-15/h1-6,8H,7,9-13H2,(H2,21,22,24). The van der Waals surface area contributed by atoms with Crippen molar-refractivity contribution in [3.05, 3.63) is 64.4 Å². The lowest BCUT2D eigenvalue weighted by Crippen LogP contribution is -2.41. The van der Waals surface area contributed by atoms with Gasteiger partial charge in [-0.05, 0) is 35.7 Å². The lowest BCUT2D eigenvalue weighted by molar-refractivity contribution is 0.230. The first-order valence-corrected chi connectivity index (χ1v) is 8.50. The van der Waals surface area contributed by atoms with Crippen LogP contribution >= 0.6 is 11.6 Å². The molecule has 2 N–H and O–H groups in total. The van der Waals surface area contributed by atoms with Crippen LogP contribution in [0.15, 0.2) is 42.6 Å². The molecule has 6 heteroatoms. The first kappa shape index (κ1) is 16.7. The van der Waals surface area contributed by atoms with Crippen molar-refractivity contribution in [1.82, 2.24) is 20.5 Å². The van der Waals surface area contributed by atoms with E-state index in [9.17, 15) is 4.79 Å². The SMILES string of the molecule is O=C(NCCN1CCc2c(Cl)cccc2C1)NCc1ccccn1. The zero-order valence-corrected chi connectivity index (χ0v) is 14.2. The molecule has 3 rings (SSSR count). The van der Waals surface area contributed by atoms with Crippen LogP contribution in [0.5, 0.6) is 0 Å². The molecule has 2 amide bonds. The number of nitrogens with one attached hydrogen (secondary N) is 2. The summed E-state index contributed by atoms with van der Waals surface area (Å²) < 4.78 is 0. The molecule has 2 heterocycles. The molecule has 0 radical (unpaired) electrons. The summed E-state index contributed by atoms with van der Waals surface area (Å²) in [6, 6.07) is 11.5. The van der Waals surface area contributed by atoms with E-state index in [2.05, 4.69) is 26.6 Å². The minimum Gasteiger partial charge on any atom is -0.337 e. The number of halogens is 1. The number of nitrogens with zero attached hydrogens (tertiary/aromatic N) is 2. The van der Waals surface area contributed by atoms with Gasteiger partial charge in [-0.1, -0.05) is 29.8 Å². The third kappa shape index (κ3) is 4.46. The largest absolute Gasteiger partial charge is 0.337 e. The van der Waals surface area contributed by atoms with Crippen molar-refractivity contribution in [2.75, 3.05) is 19.6 Å². The van der Waals surface area contributed by atoms with Crippen LogP contribution in [0.25, 0.3) is 0 Å². The van der Waals surface area contributed by atoms with Gasteiger partial charge in [0.25, 0.3) is 0 Å². The van der Waals surface area contributed by atoms with Gasteiger partial charge in [0.15, 0.2) is 0 Å². The Balaban J connectivity index is 1.38. The maximum Gasteiger partial charge on any atom is 0.315 e. The van der Waals surface area contributed by atoms with Crippen molar-refractivity contribution in [2.24, 2.45) is 0 Å². The summed E-state index contributed by atoms with van der Waals surface area (Å²) in [5.74, 6) is 0. The molecular weight excluding hydrogens is 324 g/mol. The van der Waals surface area contributed by atoms with Gasteiger partial charge in [-0.25, -0.2) is 4.79 Å². The van der Waals surface area contributed by atoms with Gasteiger partial charge >= 0.3 is 6.03 Å². The Labute approximate surface area is 147 Å². The maximum atomic E-state index is 11.8. The van der Waals surface area contributed by atoms with Crippen LogP contribution in [-0.2, 0) is 19.5 Å². The Morgan fingerprint density at radius 2 is 2.12 bits per heavy atom. The van der Waals surface area contributed by atoms with Crippen LogP contribution < -0.4 is 10.6 Å². The molecule has 2 aromatic rings. The molecule has 0 fully saturated rings. The molecule has 0 bridgehead atoms. The average Bonchev–Trinajstić information content (AvgIpc) is 2.61. The normalized spacial score (nSPS) is 14.0. The first-order chi connectivity index (χ1) is 11.7. The van der Waals surface area contributed by atoms with E-state index in [1.807, 2.05) is 30.3 Å². The summed E-state index contributed by atoms with van der Waals surface area (Å²) in [7, 11) is 0. The van der Waals surface area contributed by atoms with Gasteiger partial charge in [-0.2, -0.15) is 0 Å². The fourth-order valence-corrected chi connectivity index (χ4v) is 3.16. The van der Waals surface area contributed by atoms with Crippen molar-refractivity contribution in [1.29, 1.82) is 0 Å². The molecule has 0 saturated carbocycles. The van der Waals surface area contributed by atoms with Crippen molar-refractivity contribution in [3.63, 3.8) is 0 Å². The van der Waals surface area contributed by atoms with Gasteiger partial charge in [0.05, 0.1) is 12.2 Å². The monoisotopic (exact) mass is 344 g/mol. The maximum absolute atomic E-state index is 11.8. The number of aromatic nitrogens is 1. The minimum atomic E-state index is -0.166. The fourth-order valence-electron chi connectivity index (χ4n) is 2.88. The molecule has 0 atom stereocenters. The van der Waals surface area contributed by atoms with E-state index >= 15 is 0 Å². The Morgan fingerprint density at radius 3 is 2.96 bits per heavy atom. The van der Waals surface area contributed by atoms with Crippen LogP contribution in [0.1, 0.15) is 16.8 Å². The summed E-state index contributed by atoms with van der Waals surface area (Å²) in [6.45, 7) is 3.72. The first-order valence-electron chi connectivity index (χ1n) is 8.12.